The number of nitro groups is 1. The van der Waals surface area contributed by atoms with E-state index in [1.54, 1.807) is 4.90 Å². The predicted molar refractivity (Wildman–Crippen MR) is 72.3 cm³/mol. The highest BCUT2D eigenvalue weighted by Gasteiger charge is 2.25. The van der Waals surface area contributed by atoms with Gasteiger partial charge in [0.05, 0.1) is 22.6 Å². The minimum Gasteiger partial charge on any atom is -0.363 e. The second kappa shape index (κ2) is 6.03. The Morgan fingerprint density at radius 1 is 1.40 bits per heavy atom. The fraction of sp³-hybridized carbons (Fsp3) is 0.417. The molecule has 1 aliphatic rings. The first-order valence-corrected chi connectivity index (χ1v) is 6.38. The summed E-state index contributed by atoms with van der Waals surface area (Å²) in [6.07, 6.45) is 0. The minimum atomic E-state index is -0.674. The van der Waals surface area contributed by atoms with E-state index in [2.05, 4.69) is 6.07 Å². The van der Waals surface area contributed by atoms with Gasteiger partial charge in [-0.25, -0.2) is 4.39 Å². The number of hydrogen-bond acceptors (Lipinski definition) is 5. The van der Waals surface area contributed by atoms with Gasteiger partial charge in [-0.1, -0.05) is 11.6 Å². The summed E-state index contributed by atoms with van der Waals surface area (Å²) in [5.41, 5.74) is 0.0265. The van der Waals surface area contributed by atoms with Crippen LogP contribution in [0.5, 0.6) is 0 Å². The molecule has 1 aromatic carbocycles. The van der Waals surface area contributed by atoms with E-state index >= 15 is 0 Å². The van der Waals surface area contributed by atoms with Crippen LogP contribution in [-0.2, 0) is 0 Å². The smallest absolute Gasteiger partial charge is 0.294 e. The first-order chi connectivity index (χ1) is 9.52. The van der Waals surface area contributed by atoms with Crippen molar-refractivity contribution in [3.63, 3.8) is 0 Å². The summed E-state index contributed by atoms with van der Waals surface area (Å²) >= 11 is 5.59. The van der Waals surface area contributed by atoms with Crippen molar-refractivity contribution in [2.24, 2.45) is 0 Å². The number of nitriles is 1. The molecule has 6 nitrogen and oxygen atoms in total. The highest BCUT2D eigenvalue weighted by atomic mass is 35.5. The lowest BCUT2D eigenvalue weighted by molar-refractivity contribution is -0.384. The number of anilines is 1. The van der Waals surface area contributed by atoms with Gasteiger partial charge in [0, 0.05) is 38.3 Å². The minimum absolute atomic E-state index is 0.204. The number of nitrogens with zero attached hydrogens (tertiary/aromatic N) is 4. The van der Waals surface area contributed by atoms with Crippen LogP contribution in [-0.4, -0.2) is 42.5 Å². The Balaban J connectivity index is 2.23. The second-order valence-electron chi connectivity index (χ2n) is 4.43. The van der Waals surface area contributed by atoms with Crippen molar-refractivity contribution >= 4 is 23.0 Å². The number of piperazine rings is 1. The molecule has 0 radical (unpaired) electrons. The van der Waals surface area contributed by atoms with Crippen LogP contribution in [0.4, 0.5) is 15.8 Å². The van der Waals surface area contributed by atoms with Gasteiger partial charge < -0.3 is 4.90 Å². The van der Waals surface area contributed by atoms with Crippen molar-refractivity contribution in [3.8, 4) is 6.07 Å². The summed E-state index contributed by atoms with van der Waals surface area (Å²) < 4.78 is 13.5. The molecule has 0 spiro atoms. The molecule has 0 saturated carbocycles. The molecule has 0 bridgehead atoms. The molecule has 1 aliphatic heterocycles. The third kappa shape index (κ3) is 2.98. The quantitative estimate of drug-likeness (QED) is 0.485. The van der Waals surface area contributed by atoms with Crippen LogP contribution in [0.1, 0.15) is 0 Å². The lowest BCUT2D eigenvalue weighted by atomic mass is 10.2. The summed E-state index contributed by atoms with van der Waals surface area (Å²) in [5.74, 6) is -0.674. The maximum absolute atomic E-state index is 13.5. The van der Waals surface area contributed by atoms with Crippen molar-refractivity contribution in [2.75, 3.05) is 37.6 Å². The van der Waals surface area contributed by atoms with Crippen LogP contribution >= 0.6 is 11.6 Å². The zero-order chi connectivity index (χ0) is 14.7. The molecule has 106 valence electrons. The molecule has 1 saturated heterocycles. The van der Waals surface area contributed by atoms with E-state index in [-0.39, 0.29) is 16.4 Å². The second-order valence-corrected chi connectivity index (χ2v) is 4.84. The Kier molecular flexibility index (Phi) is 4.37. The van der Waals surface area contributed by atoms with Gasteiger partial charge in [0.25, 0.3) is 5.69 Å². The van der Waals surface area contributed by atoms with E-state index in [9.17, 15) is 14.5 Å². The summed E-state index contributed by atoms with van der Waals surface area (Å²) in [7, 11) is 0. The van der Waals surface area contributed by atoms with Gasteiger partial charge in [-0.05, 0) is 0 Å². The first kappa shape index (κ1) is 14.5. The first-order valence-electron chi connectivity index (χ1n) is 6.00. The molecular formula is C12H12ClFN4O2. The molecule has 0 aromatic heterocycles. The third-order valence-corrected chi connectivity index (χ3v) is 3.51. The molecule has 1 fully saturated rings. The average Bonchev–Trinajstić information content (AvgIpc) is 2.42. The standard InChI is InChI=1S/C12H12ClFN4O2/c13-9-7-12(18(19)20)11(8-10(9)14)17-5-3-16(2-1-15)4-6-17/h7-8H,2-6H2. The molecule has 0 aliphatic carbocycles. The lowest BCUT2D eigenvalue weighted by Gasteiger charge is -2.34. The number of benzene rings is 1. The summed E-state index contributed by atoms with van der Waals surface area (Å²) in [6, 6.07) is 4.19. The molecule has 0 unspecified atom stereocenters. The Bertz CT molecular complexity index is 567. The van der Waals surface area contributed by atoms with Crippen molar-refractivity contribution in [1.29, 1.82) is 5.26 Å². The van der Waals surface area contributed by atoms with Crippen LogP contribution in [0, 0.1) is 27.3 Å². The summed E-state index contributed by atoms with van der Waals surface area (Å²) in [5, 5.41) is 19.4. The Morgan fingerprint density at radius 3 is 2.60 bits per heavy atom. The zero-order valence-electron chi connectivity index (χ0n) is 10.6. The van der Waals surface area contributed by atoms with Gasteiger partial charge in [-0.2, -0.15) is 5.26 Å². The highest BCUT2D eigenvalue weighted by Crippen LogP contribution is 2.33. The molecule has 2 rings (SSSR count). The van der Waals surface area contributed by atoms with E-state index in [1.807, 2.05) is 4.90 Å². The van der Waals surface area contributed by atoms with Gasteiger partial charge in [0.15, 0.2) is 0 Å². The van der Waals surface area contributed by atoms with Gasteiger partial charge >= 0.3 is 0 Å². The summed E-state index contributed by atoms with van der Waals surface area (Å²) in [4.78, 5) is 14.2. The van der Waals surface area contributed by atoms with Crippen molar-refractivity contribution in [1.82, 2.24) is 4.90 Å². The Labute approximate surface area is 120 Å². The molecule has 8 heteroatoms. The number of rotatable bonds is 3. The van der Waals surface area contributed by atoms with E-state index in [4.69, 9.17) is 16.9 Å². The normalized spacial score (nSPS) is 15.9. The Morgan fingerprint density at radius 2 is 2.05 bits per heavy atom. The molecule has 1 aromatic rings. The molecule has 1 heterocycles. The fourth-order valence-corrected chi connectivity index (χ4v) is 2.33. The lowest BCUT2D eigenvalue weighted by Crippen LogP contribution is -2.46. The molecule has 0 N–H and O–H groups in total. The van der Waals surface area contributed by atoms with Crippen LogP contribution in [0.25, 0.3) is 0 Å². The summed E-state index contributed by atoms with van der Waals surface area (Å²) in [6.45, 7) is 2.54. The van der Waals surface area contributed by atoms with E-state index in [1.165, 1.54) is 0 Å². The van der Waals surface area contributed by atoms with Gasteiger partial charge in [-0.15, -0.1) is 0 Å². The largest absolute Gasteiger partial charge is 0.363 e. The van der Waals surface area contributed by atoms with Gasteiger partial charge in [0.2, 0.25) is 0 Å². The van der Waals surface area contributed by atoms with E-state index in [0.717, 1.165) is 12.1 Å². The SMILES string of the molecule is N#CCN1CCN(c2cc(F)c(Cl)cc2[N+](=O)[O-])CC1. The van der Waals surface area contributed by atoms with Crippen molar-refractivity contribution in [2.45, 2.75) is 0 Å². The van der Waals surface area contributed by atoms with Crippen LogP contribution < -0.4 is 4.90 Å². The molecule has 20 heavy (non-hydrogen) atoms. The molecular weight excluding hydrogens is 287 g/mol. The van der Waals surface area contributed by atoms with E-state index in [0.29, 0.717) is 32.7 Å². The van der Waals surface area contributed by atoms with Crippen LogP contribution in [0.3, 0.4) is 0 Å². The predicted octanol–water partition coefficient (Wildman–Crippen LogP) is 2.03. The highest BCUT2D eigenvalue weighted by molar-refractivity contribution is 6.31. The van der Waals surface area contributed by atoms with Gasteiger partial charge in [0.1, 0.15) is 11.5 Å². The van der Waals surface area contributed by atoms with Gasteiger partial charge in [-0.3, -0.25) is 15.0 Å². The van der Waals surface area contributed by atoms with Crippen molar-refractivity contribution in [3.05, 3.63) is 33.1 Å². The number of nitro benzene ring substituents is 1. The van der Waals surface area contributed by atoms with Crippen LogP contribution in [0.2, 0.25) is 5.02 Å². The average molecular weight is 299 g/mol. The molecule has 0 amide bonds. The van der Waals surface area contributed by atoms with Crippen molar-refractivity contribution < 1.29 is 9.31 Å². The molecule has 0 atom stereocenters. The monoisotopic (exact) mass is 298 g/mol. The number of hydrogen-bond donors (Lipinski definition) is 0. The third-order valence-electron chi connectivity index (χ3n) is 3.22. The topological polar surface area (TPSA) is 73.4 Å². The maximum Gasteiger partial charge on any atom is 0.294 e. The zero-order valence-corrected chi connectivity index (χ0v) is 11.3. The van der Waals surface area contributed by atoms with E-state index < -0.39 is 10.7 Å². The van der Waals surface area contributed by atoms with Crippen LogP contribution in [0.15, 0.2) is 12.1 Å². The number of halogens is 2. The maximum atomic E-state index is 13.5. The Hall–Kier alpha value is -1.91. The fourth-order valence-electron chi connectivity index (χ4n) is 2.17.